The average molecular weight is 402 g/mol. The number of rotatable bonds is 2. The Labute approximate surface area is 171 Å². The molecule has 0 unspecified atom stereocenters. The van der Waals surface area contributed by atoms with Crippen LogP contribution in [0.25, 0.3) is 22.0 Å². The number of hydrogen-bond donors (Lipinski definition) is 1. The van der Waals surface area contributed by atoms with Gasteiger partial charge >= 0.3 is 6.18 Å². The van der Waals surface area contributed by atoms with Crippen LogP contribution in [0.2, 0.25) is 0 Å². The molecular weight excluding hydrogens is 385 g/mol. The summed E-state index contributed by atoms with van der Waals surface area (Å²) in [6, 6.07) is 19.3. The number of benzene rings is 3. The number of alkyl halides is 3. The molecule has 0 bridgehead atoms. The molecule has 3 aromatic carbocycles. The van der Waals surface area contributed by atoms with Crippen LogP contribution in [0, 0.1) is 6.92 Å². The first-order chi connectivity index (χ1) is 14.4. The molecule has 30 heavy (non-hydrogen) atoms. The maximum absolute atomic E-state index is 13.1. The minimum Gasteiger partial charge on any atom is -0.361 e. The smallest absolute Gasteiger partial charge is 0.361 e. The van der Waals surface area contributed by atoms with E-state index in [1.807, 2.05) is 49.5 Å². The number of nitrogens with one attached hydrogen (secondary N) is 1. The lowest BCUT2D eigenvalue weighted by molar-refractivity contribution is -0.137. The van der Waals surface area contributed by atoms with Crippen molar-refractivity contribution in [3.05, 3.63) is 101 Å². The molecule has 1 aliphatic rings. The number of fused-ring (bicyclic) bond motifs is 2. The van der Waals surface area contributed by atoms with Gasteiger partial charge in [0.1, 0.15) is 0 Å². The van der Waals surface area contributed by atoms with Gasteiger partial charge in [-0.2, -0.15) is 13.2 Å². The van der Waals surface area contributed by atoms with Crippen LogP contribution in [0.1, 0.15) is 27.8 Å². The lowest BCUT2D eigenvalue weighted by atomic mass is 9.89. The molecule has 4 aromatic rings. The van der Waals surface area contributed by atoms with E-state index in [4.69, 9.17) is 0 Å². The maximum atomic E-state index is 13.1. The number of hydrogen-bond acceptors (Lipinski definition) is 1. The summed E-state index contributed by atoms with van der Waals surface area (Å²) in [5.41, 5.74) is 6.65. The van der Waals surface area contributed by atoms with Crippen LogP contribution in [0.3, 0.4) is 0 Å². The largest absolute Gasteiger partial charge is 0.416 e. The van der Waals surface area contributed by atoms with Crippen LogP contribution < -0.4 is 0 Å². The second-order valence-corrected chi connectivity index (χ2v) is 7.39. The van der Waals surface area contributed by atoms with E-state index in [9.17, 15) is 13.2 Å². The molecular formula is C25H17F3N2. The minimum absolute atomic E-state index is 0.661. The van der Waals surface area contributed by atoms with Gasteiger partial charge in [0, 0.05) is 45.6 Å². The van der Waals surface area contributed by atoms with E-state index in [1.165, 1.54) is 12.1 Å². The number of aromatic amines is 1. The van der Waals surface area contributed by atoms with Crippen molar-refractivity contribution < 1.29 is 13.2 Å². The Morgan fingerprint density at radius 3 is 2.47 bits per heavy atom. The Balaban J connectivity index is 1.79. The molecule has 5 rings (SSSR count). The summed E-state index contributed by atoms with van der Waals surface area (Å²) in [5, 5.41) is 1.01. The number of nitrogens with zero attached hydrogens (tertiary/aromatic N) is 1. The van der Waals surface area contributed by atoms with Crippen molar-refractivity contribution in [2.24, 2.45) is 4.99 Å². The topological polar surface area (TPSA) is 28.1 Å². The zero-order valence-electron chi connectivity index (χ0n) is 16.1. The summed E-state index contributed by atoms with van der Waals surface area (Å²) < 4.78 is 39.3. The molecule has 0 amide bonds. The highest BCUT2D eigenvalue weighted by Gasteiger charge is 2.30. The monoisotopic (exact) mass is 402 g/mol. The van der Waals surface area contributed by atoms with Crippen LogP contribution in [0.4, 0.5) is 18.9 Å². The Kier molecular flexibility index (Phi) is 4.13. The van der Waals surface area contributed by atoms with Gasteiger partial charge < -0.3 is 4.98 Å². The van der Waals surface area contributed by atoms with Crippen molar-refractivity contribution in [1.82, 2.24) is 4.98 Å². The summed E-state index contributed by atoms with van der Waals surface area (Å²) in [6.07, 6.45) is -0.656. The number of aryl methyl sites for hydroxylation is 1. The first-order valence-corrected chi connectivity index (χ1v) is 9.55. The zero-order chi connectivity index (χ0) is 20.9. The molecule has 148 valence electrons. The SMILES string of the molecule is Cc1ccc2c(c1)/C(=C(\c1ccc(C(F)(F)F)cc1)c1c[nH]c3ccccc13)C=N2. The lowest BCUT2D eigenvalue weighted by Gasteiger charge is -2.14. The number of halogens is 3. The Morgan fingerprint density at radius 1 is 0.933 bits per heavy atom. The van der Waals surface area contributed by atoms with Gasteiger partial charge in [0.05, 0.1) is 11.3 Å². The highest BCUT2D eigenvalue weighted by molar-refractivity contribution is 6.27. The standard InChI is InChI=1S/C25H17F3N2/c1-15-6-11-23-19(12-15)21(14-30-23)24(16-7-9-17(10-8-16)25(26,27)28)20-13-29-22-5-3-2-4-18(20)22/h2-14,29H,1H3/b24-21+. The van der Waals surface area contributed by atoms with E-state index in [2.05, 4.69) is 16.0 Å². The van der Waals surface area contributed by atoms with Gasteiger partial charge in [0.25, 0.3) is 0 Å². The fourth-order valence-electron chi connectivity index (χ4n) is 3.94. The summed E-state index contributed by atoms with van der Waals surface area (Å²) >= 11 is 0. The quantitative estimate of drug-likeness (QED) is 0.368. The van der Waals surface area contributed by atoms with Gasteiger partial charge in [-0.3, -0.25) is 4.99 Å². The van der Waals surface area contributed by atoms with E-state index in [0.29, 0.717) is 5.56 Å². The van der Waals surface area contributed by atoms with Gasteiger partial charge in [-0.15, -0.1) is 0 Å². The molecule has 0 atom stereocenters. The molecule has 1 aromatic heterocycles. The molecule has 2 heterocycles. The highest BCUT2D eigenvalue weighted by Crippen LogP contribution is 2.42. The van der Waals surface area contributed by atoms with E-state index in [0.717, 1.165) is 56.6 Å². The second-order valence-electron chi connectivity index (χ2n) is 7.39. The molecule has 5 heteroatoms. The second kappa shape index (κ2) is 6.73. The number of para-hydroxylation sites is 1. The third kappa shape index (κ3) is 3.03. The molecule has 0 fully saturated rings. The van der Waals surface area contributed by atoms with Gasteiger partial charge in [0.2, 0.25) is 0 Å². The normalized spacial score (nSPS) is 14.9. The third-order valence-electron chi connectivity index (χ3n) is 5.40. The zero-order valence-corrected chi connectivity index (χ0v) is 16.1. The van der Waals surface area contributed by atoms with Gasteiger partial charge in [-0.05, 0) is 42.8 Å². The van der Waals surface area contributed by atoms with Crippen LogP contribution in [0.5, 0.6) is 0 Å². The van der Waals surface area contributed by atoms with Crippen molar-refractivity contribution in [3.8, 4) is 0 Å². The van der Waals surface area contributed by atoms with Crippen molar-refractivity contribution >= 4 is 34.0 Å². The van der Waals surface area contributed by atoms with Gasteiger partial charge in [0.15, 0.2) is 0 Å². The molecule has 0 spiro atoms. The predicted octanol–water partition coefficient (Wildman–Crippen LogP) is 7.17. The predicted molar refractivity (Wildman–Crippen MR) is 115 cm³/mol. The fraction of sp³-hybridized carbons (Fsp3) is 0.0800. The lowest BCUT2D eigenvalue weighted by Crippen LogP contribution is -2.04. The minimum atomic E-state index is -4.37. The molecule has 0 radical (unpaired) electrons. The Hall–Kier alpha value is -3.60. The average Bonchev–Trinajstić information content (AvgIpc) is 3.33. The van der Waals surface area contributed by atoms with Crippen molar-refractivity contribution in [1.29, 1.82) is 0 Å². The molecule has 0 saturated heterocycles. The number of aromatic nitrogens is 1. The number of aliphatic imine (C=N–C) groups is 1. The Bertz CT molecular complexity index is 1320. The van der Waals surface area contributed by atoms with Crippen molar-refractivity contribution in [3.63, 3.8) is 0 Å². The first kappa shape index (κ1) is 18.4. The summed E-state index contributed by atoms with van der Waals surface area (Å²) in [5.74, 6) is 0. The van der Waals surface area contributed by atoms with E-state index in [1.54, 1.807) is 6.21 Å². The molecule has 1 aliphatic heterocycles. The van der Waals surface area contributed by atoms with E-state index < -0.39 is 11.7 Å². The van der Waals surface area contributed by atoms with Gasteiger partial charge in [-0.1, -0.05) is 42.0 Å². The number of allylic oxidation sites excluding steroid dienone is 1. The third-order valence-corrected chi connectivity index (χ3v) is 5.40. The van der Waals surface area contributed by atoms with Crippen molar-refractivity contribution in [2.75, 3.05) is 0 Å². The molecule has 0 saturated carbocycles. The Morgan fingerprint density at radius 2 is 1.70 bits per heavy atom. The molecule has 0 aliphatic carbocycles. The summed E-state index contributed by atoms with van der Waals surface area (Å²) in [7, 11) is 0. The summed E-state index contributed by atoms with van der Waals surface area (Å²) in [6.45, 7) is 2.01. The summed E-state index contributed by atoms with van der Waals surface area (Å²) in [4.78, 5) is 7.82. The van der Waals surface area contributed by atoms with Crippen LogP contribution in [0.15, 0.2) is 77.9 Å². The van der Waals surface area contributed by atoms with E-state index >= 15 is 0 Å². The number of H-pyrrole nitrogens is 1. The molecule has 1 N–H and O–H groups in total. The highest BCUT2D eigenvalue weighted by atomic mass is 19.4. The van der Waals surface area contributed by atoms with E-state index in [-0.39, 0.29) is 0 Å². The van der Waals surface area contributed by atoms with Crippen molar-refractivity contribution in [2.45, 2.75) is 13.1 Å². The first-order valence-electron chi connectivity index (χ1n) is 9.55. The fourth-order valence-corrected chi connectivity index (χ4v) is 3.94. The van der Waals surface area contributed by atoms with Crippen LogP contribution in [-0.2, 0) is 6.18 Å². The van der Waals surface area contributed by atoms with Crippen LogP contribution >= 0.6 is 0 Å². The van der Waals surface area contributed by atoms with Gasteiger partial charge in [-0.25, -0.2) is 0 Å². The molecule has 2 nitrogen and oxygen atoms in total. The maximum Gasteiger partial charge on any atom is 0.416 e. The van der Waals surface area contributed by atoms with Crippen LogP contribution in [-0.4, -0.2) is 11.2 Å².